The van der Waals surface area contributed by atoms with E-state index in [1.807, 2.05) is 28.6 Å². The molecule has 0 radical (unpaired) electrons. The topological polar surface area (TPSA) is 68.0 Å². The molecule has 2 aromatic heterocycles. The molecule has 1 amide bonds. The second-order valence-electron chi connectivity index (χ2n) is 7.13. The van der Waals surface area contributed by atoms with Crippen molar-refractivity contribution >= 4 is 11.7 Å². The van der Waals surface area contributed by atoms with E-state index in [1.165, 1.54) is 18.4 Å². The summed E-state index contributed by atoms with van der Waals surface area (Å²) in [5.41, 5.74) is 1.17. The summed E-state index contributed by atoms with van der Waals surface area (Å²) in [7, 11) is 0. The number of carbonyl (C=O) groups is 1. The number of likely N-dealkylation sites (tertiary alicyclic amines) is 1. The van der Waals surface area contributed by atoms with Crippen molar-refractivity contribution in [3.8, 4) is 0 Å². The fourth-order valence-electron chi connectivity index (χ4n) is 3.37. The van der Waals surface area contributed by atoms with Gasteiger partial charge in [-0.1, -0.05) is 0 Å². The predicted octanol–water partition coefficient (Wildman–Crippen LogP) is 1.85. The third-order valence-corrected chi connectivity index (χ3v) is 5.04. The maximum absolute atomic E-state index is 12.3. The lowest BCUT2D eigenvalue weighted by Gasteiger charge is -2.38. The smallest absolute Gasteiger partial charge is 0.239 e. The van der Waals surface area contributed by atoms with Gasteiger partial charge in [-0.2, -0.15) is 10.2 Å². The predicted molar refractivity (Wildman–Crippen MR) is 90.7 cm³/mol. The van der Waals surface area contributed by atoms with Crippen molar-refractivity contribution in [1.29, 1.82) is 0 Å². The second-order valence-corrected chi connectivity index (χ2v) is 7.13. The van der Waals surface area contributed by atoms with E-state index in [0.717, 1.165) is 18.9 Å². The molecule has 1 atom stereocenters. The van der Waals surface area contributed by atoms with Gasteiger partial charge in [-0.15, -0.1) is 0 Å². The first-order valence-corrected chi connectivity index (χ1v) is 8.66. The highest BCUT2D eigenvalue weighted by Crippen LogP contribution is 2.40. The van der Waals surface area contributed by atoms with Crippen LogP contribution in [0.15, 0.2) is 24.7 Å². The van der Waals surface area contributed by atoms with Crippen LogP contribution >= 0.6 is 0 Å². The number of amides is 1. The molecule has 2 aliphatic rings. The number of anilines is 1. The molecule has 1 aliphatic carbocycles. The van der Waals surface area contributed by atoms with E-state index in [-0.39, 0.29) is 5.91 Å². The summed E-state index contributed by atoms with van der Waals surface area (Å²) >= 11 is 0. The van der Waals surface area contributed by atoms with Crippen molar-refractivity contribution in [1.82, 2.24) is 24.5 Å². The van der Waals surface area contributed by atoms with Crippen molar-refractivity contribution in [3.63, 3.8) is 0 Å². The molecule has 2 fully saturated rings. The van der Waals surface area contributed by atoms with E-state index in [4.69, 9.17) is 0 Å². The zero-order chi connectivity index (χ0) is 16.7. The molecule has 1 saturated heterocycles. The van der Waals surface area contributed by atoms with E-state index in [1.54, 1.807) is 6.20 Å². The van der Waals surface area contributed by atoms with Crippen LogP contribution in [0.5, 0.6) is 0 Å². The molecule has 0 aromatic carbocycles. The van der Waals surface area contributed by atoms with Crippen molar-refractivity contribution < 1.29 is 4.79 Å². The van der Waals surface area contributed by atoms with Crippen LogP contribution in [-0.4, -0.2) is 50.0 Å². The van der Waals surface area contributed by atoms with Gasteiger partial charge in [0.15, 0.2) is 0 Å². The van der Waals surface area contributed by atoms with Gasteiger partial charge in [-0.3, -0.25) is 14.4 Å². The Labute approximate surface area is 141 Å². The summed E-state index contributed by atoms with van der Waals surface area (Å²) in [4.78, 5) is 14.4. The van der Waals surface area contributed by atoms with Gasteiger partial charge in [0, 0.05) is 25.4 Å². The molecule has 0 spiro atoms. The minimum absolute atomic E-state index is 0.0230. The van der Waals surface area contributed by atoms with Crippen LogP contribution in [0.3, 0.4) is 0 Å². The first-order valence-electron chi connectivity index (χ1n) is 8.66. The summed E-state index contributed by atoms with van der Waals surface area (Å²) in [6, 6.07) is 2.61. The van der Waals surface area contributed by atoms with Crippen LogP contribution in [0.1, 0.15) is 37.4 Å². The molecule has 1 N–H and O–H groups in total. The molecular weight excluding hydrogens is 304 g/mol. The number of hydrogen-bond acceptors (Lipinski definition) is 4. The molecule has 1 aliphatic heterocycles. The minimum Gasteiger partial charge on any atom is -0.310 e. The average molecular weight is 328 g/mol. The van der Waals surface area contributed by atoms with E-state index < -0.39 is 0 Å². The van der Waals surface area contributed by atoms with Crippen LogP contribution in [0.2, 0.25) is 0 Å². The maximum Gasteiger partial charge on any atom is 0.239 e. The zero-order valence-electron chi connectivity index (χ0n) is 14.2. The molecule has 0 bridgehead atoms. The van der Waals surface area contributed by atoms with E-state index >= 15 is 0 Å². The molecule has 1 saturated carbocycles. The Morgan fingerprint density at radius 3 is 2.83 bits per heavy atom. The van der Waals surface area contributed by atoms with E-state index in [0.29, 0.717) is 24.5 Å². The maximum atomic E-state index is 12.3. The molecule has 2 aromatic rings. The summed E-state index contributed by atoms with van der Waals surface area (Å²) in [6.45, 7) is 6.36. The Morgan fingerprint density at radius 2 is 2.17 bits per heavy atom. The molecule has 0 unspecified atom stereocenters. The number of nitrogens with one attached hydrogen (secondary N) is 1. The molecule has 3 heterocycles. The van der Waals surface area contributed by atoms with Gasteiger partial charge < -0.3 is 5.32 Å². The van der Waals surface area contributed by atoms with Crippen molar-refractivity contribution in [2.24, 2.45) is 5.92 Å². The Hall–Kier alpha value is -2.15. The van der Waals surface area contributed by atoms with Gasteiger partial charge in [0.1, 0.15) is 5.82 Å². The van der Waals surface area contributed by atoms with E-state index in [9.17, 15) is 4.79 Å². The van der Waals surface area contributed by atoms with Gasteiger partial charge in [0.2, 0.25) is 5.91 Å². The van der Waals surface area contributed by atoms with Crippen LogP contribution < -0.4 is 5.32 Å². The molecular formula is C17H24N6O. The lowest BCUT2D eigenvalue weighted by molar-refractivity contribution is -0.118. The van der Waals surface area contributed by atoms with Gasteiger partial charge in [-0.25, -0.2) is 4.68 Å². The van der Waals surface area contributed by atoms with Gasteiger partial charge in [0.05, 0.1) is 31.0 Å². The standard InChI is InChI=1S/C17H24N6O/c1-12-7-19-22(8-12)15-9-21(10-15)11-17(24)20-16-5-6-18-23(16)13(2)14-3-4-14/h5-8,13-15H,3-4,9-11H2,1-2H3,(H,20,24)/t13-/m1/s1. The minimum atomic E-state index is 0.0230. The summed E-state index contributed by atoms with van der Waals surface area (Å²) in [5.74, 6) is 1.53. The number of carbonyl (C=O) groups excluding carboxylic acids is 1. The summed E-state index contributed by atoms with van der Waals surface area (Å²) < 4.78 is 3.94. The quantitative estimate of drug-likeness (QED) is 0.879. The molecule has 7 nitrogen and oxygen atoms in total. The zero-order valence-corrected chi connectivity index (χ0v) is 14.2. The SMILES string of the molecule is Cc1cnn(C2CN(CC(=O)Nc3ccnn3[C@H](C)C3CC3)C2)c1. The van der Waals surface area contributed by atoms with Crippen LogP contribution in [0.4, 0.5) is 5.82 Å². The molecule has 128 valence electrons. The number of aryl methyl sites for hydroxylation is 1. The third kappa shape index (κ3) is 3.08. The average Bonchev–Trinajstić information content (AvgIpc) is 3.13. The van der Waals surface area contributed by atoms with Gasteiger partial charge in [0.25, 0.3) is 0 Å². The number of aromatic nitrogens is 4. The Kier molecular flexibility index (Phi) is 3.88. The monoisotopic (exact) mass is 328 g/mol. The normalized spacial score (nSPS) is 19.9. The highest BCUT2D eigenvalue weighted by molar-refractivity contribution is 5.91. The highest BCUT2D eigenvalue weighted by Gasteiger charge is 2.32. The first kappa shape index (κ1) is 15.4. The summed E-state index contributed by atoms with van der Waals surface area (Å²) in [5, 5.41) is 11.7. The summed E-state index contributed by atoms with van der Waals surface area (Å²) in [6.07, 6.45) is 8.21. The Bertz CT molecular complexity index is 725. The second kappa shape index (κ2) is 6.05. The number of rotatable bonds is 6. The Balaban J connectivity index is 1.28. The molecule has 4 rings (SSSR count). The third-order valence-electron chi connectivity index (χ3n) is 5.04. The largest absolute Gasteiger partial charge is 0.310 e. The fraction of sp³-hybridized carbons (Fsp3) is 0.588. The van der Waals surface area contributed by atoms with Crippen molar-refractivity contribution in [3.05, 3.63) is 30.2 Å². The van der Waals surface area contributed by atoms with Crippen molar-refractivity contribution in [2.45, 2.75) is 38.8 Å². The van der Waals surface area contributed by atoms with Crippen LogP contribution in [0.25, 0.3) is 0 Å². The fourth-order valence-corrected chi connectivity index (χ4v) is 3.37. The lowest BCUT2D eigenvalue weighted by Crippen LogP contribution is -2.50. The van der Waals surface area contributed by atoms with Crippen LogP contribution in [-0.2, 0) is 4.79 Å². The van der Waals surface area contributed by atoms with Crippen LogP contribution in [0, 0.1) is 12.8 Å². The number of hydrogen-bond donors (Lipinski definition) is 1. The number of nitrogens with zero attached hydrogens (tertiary/aromatic N) is 5. The van der Waals surface area contributed by atoms with E-state index in [2.05, 4.69) is 33.5 Å². The Morgan fingerprint density at radius 1 is 1.38 bits per heavy atom. The molecule has 24 heavy (non-hydrogen) atoms. The molecule has 7 heteroatoms. The van der Waals surface area contributed by atoms with Gasteiger partial charge in [-0.05, 0) is 38.2 Å². The first-order chi connectivity index (χ1) is 11.6. The van der Waals surface area contributed by atoms with Gasteiger partial charge >= 0.3 is 0 Å². The highest BCUT2D eigenvalue weighted by atomic mass is 16.2. The lowest BCUT2D eigenvalue weighted by atomic mass is 10.1. The van der Waals surface area contributed by atoms with Crippen molar-refractivity contribution in [2.75, 3.05) is 25.0 Å².